The maximum Gasteiger partial charge on any atom is 0.264 e. The second-order valence-corrected chi connectivity index (χ2v) is 10.4. The van der Waals surface area contributed by atoms with Gasteiger partial charge in [0.2, 0.25) is 5.91 Å². The SMILES string of the molecule is Cc1ccc(CCCNC(=O)CN(c2ccc(C)cc2C)S(=O)(=O)c2ccc(C)cc2)cc1. The quantitative estimate of drug-likeness (QED) is 0.460. The molecule has 0 aliphatic carbocycles. The minimum Gasteiger partial charge on any atom is -0.355 e. The van der Waals surface area contributed by atoms with Gasteiger partial charge in [0, 0.05) is 6.54 Å². The van der Waals surface area contributed by atoms with Crippen molar-refractivity contribution >= 4 is 21.6 Å². The van der Waals surface area contributed by atoms with Crippen molar-refractivity contribution in [2.45, 2.75) is 45.4 Å². The third-order valence-electron chi connectivity index (χ3n) is 5.60. The van der Waals surface area contributed by atoms with Crippen molar-refractivity contribution in [1.29, 1.82) is 0 Å². The first-order valence-electron chi connectivity index (χ1n) is 11.2. The molecule has 3 aromatic carbocycles. The maximum absolute atomic E-state index is 13.5. The van der Waals surface area contributed by atoms with Gasteiger partial charge in [-0.3, -0.25) is 9.10 Å². The molecule has 6 heteroatoms. The number of carbonyl (C=O) groups is 1. The molecule has 0 aliphatic rings. The summed E-state index contributed by atoms with van der Waals surface area (Å²) in [6.07, 6.45) is 1.63. The molecule has 0 radical (unpaired) electrons. The first-order valence-corrected chi connectivity index (χ1v) is 12.6. The Balaban J connectivity index is 1.74. The van der Waals surface area contributed by atoms with E-state index in [1.165, 1.54) is 15.4 Å². The highest BCUT2D eigenvalue weighted by Crippen LogP contribution is 2.27. The van der Waals surface area contributed by atoms with Gasteiger partial charge in [-0.15, -0.1) is 0 Å². The van der Waals surface area contributed by atoms with Crippen LogP contribution in [0.15, 0.2) is 71.6 Å². The van der Waals surface area contributed by atoms with Crippen LogP contribution < -0.4 is 9.62 Å². The molecular formula is C27H32N2O3S. The number of aryl methyl sites for hydroxylation is 5. The fraction of sp³-hybridized carbons (Fsp3) is 0.296. The fourth-order valence-electron chi connectivity index (χ4n) is 3.68. The Morgan fingerprint density at radius 2 is 1.39 bits per heavy atom. The Morgan fingerprint density at radius 1 is 0.818 bits per heavy atom. The number of anilines is 1. The molecule has 3 aromatic rings. The molecule has 0 saturated carbocycles. The summed E-state index contributed by atoms with van der Waals surface area (Å²) in [5.41, 5.74) is 5.75. The molecule has 174 valence electrons. The van der Waals surface area contributed by atoms with Gasteiger partial charge in [-0.2, -0.15) is 0 Å². The van der Waals surface area contributed by atoms with Gasteiger partial charge in [-0.1, -0.05) is 65.2 Å². The third-order valence-corrected chi connectivity index (χ3v) is 7.38. The van der Waals surface area contributed by atoms with E-state index in [-0.39, 0.29) is 17.3 Å². The molecule has 0 aromatic heterocycles. The van der Waals surface area contributed by atoms with Crippen molar-refractivity contribution < 1.29 is 13.2 Å². The lowest BCUT2D eigenvalue weighted by Gasteiger charge is -2.26. The molecule has 0 unspecified atom stereocenters. The molecular weight excluding hydrogens is 432 g/mol. The van der Waals surface area contributed by atoms with Crippen molar-refractivity contribution in [2.75, 3.05) is 17.4 Å². The Kier molecular flexibility index (Phi) is 7.92. The zero-order valence-corrected chi connectivity index (χ0v) is 20.6. The van der Waals surface area contributed by atoms with Crippen LogP contribution in [-0.2, 0) is 21.2 Å². The summed E-state index contributed by atoms with van der Waals surface area (Å²) in [6, 6.07) is 20.6. The van der Waals surface area contributed by atoms with E-state index in [1.807, 2.05) is 32.9 Å². The van der Waals surface area contributed by atoms with E-state index in [0.29, 0.717) is 12.2 Å². The van der Waals surface area contributed by atoms with Crippen LogP contribution in [0.5, 0.6) is 0 Å². The van der Waals surface area contributed by atoms with Crippen LogP contribution in [0.25, 0.3) is 0 Å². The highest BCUT2D eigenvalue weighted by Gasteiger charge is 2.28. The van der Waals surface area contributed by atoms with Crippen LogP contribution >= 0.6 is 0 Å². The Hall–Kier alpha value is -3.12. The third kappa shape index (κ3) is 6.45. The molecule has 0 spiro atoms. The highest BCUT2D eigenvalue weighted by molar-refractivity contribution is 7.92. The second kappa shape index (κ2) is 10.7. The van der Waals surface area contributed by atoms with Crippen molar-refractivity contribution in [2.24, 2.45) is 0 Å². The minimum atomic E-state index is -3.91. The molecule has 0 bridgehead atoms. The molecule has 0 heterocycles. The van der Waals surface area contributed by atoms with Crippen molar-refractivity contribution in [3.8, 4) is 0 Å². The predicted molar refractivity (Wildman–Crippen MR) is 134 cm³/mol. The van der Waals surface area contributed by atoms with E-state index < -0.39 is 10.0 Å². The molecule has 1 N–H and O–H groups in total. The monoisotopic (exact) mass is 464 g/mol. The molecule has 1 amide bonds. The summed E-state index contributed by atoms with van der Waals surface area (Å²) in [5.74, 6) is -0.324. The minimum absolute atomic E-state index is 0.167. The number of nitrogens with zero attached hydrogens (tertiary/aromatic N) is 1. The van der Waals surface area contributed by atoms with Crippen LogP contribution in [-0.4, -0.2) is 27.4 Å². The average Bonchev–Trinajstić information content (AvgIpc) is 2.77. The predicted octanol–water partition coefficient (Wildman–Crippen LogP) is 4.86. The van der Waals surface area contributed by atoms with E-state index >= 15 is 0 Å². The number of benzene rings is 3. The van der Waals surface area contributed by atoms with E-state index in [4.69, 9.17) is 0 Å². The first-order chi connectivity index (χ1) is 15.7. The van der Waals surface area contributed by atoms with Crippen molar-refractivity contribution in [3.63, 3.8) is 0 Å². The Morgan fingerprint density at radius 3 is 2.00 bits per heavy atom. The lowest BCUT2D eigenvalue weighted by Crippen LogP contribution is -2.41. The van der Waals surface area contributed by atoms with Crippen LogP contribution in [0, 0.1) is 27.7 Å². The first kappa shape index (κ1) is 24.5. The van der Waals surface area contributed by atoms with Crippen LogP contribution in [0.2, 0.25) is 0 Å². The number of rotatable bonds is 9. The summed E-state index contributed by atoms with van der Waals surface area (Å²) in [7, 11) is -3.91. The van der Waals surface area contributed by atoms with Crippen LogP contribution in [0.4, 0.5) is 5.69 Å². The number of hydrogen-bond acceptors (Lipinski definition) is 3. The zero-order valence-electron chi connectivity index (χ0n) is 19.8. The maximum atomic E-state index is 13.5. The lowest BCUT2D eigenvalue weighted by atomic mass is 10.1. The van der Waals surface area contributed by atoms with Gasteiger partial charge in [-0.25, -0.2) is 8.42 Å². The van der Waals surface area contributed by atoms with Gasteiger partial charge < -0.3 is 5.32 Å². The molecule has 0 aliphatic heterocycles. The molecule has 5 nitrogen and oxygen atoms in total. The van der Waals surface area contributed by atoms with E-state index in [2.05, 4.69) is 36.5 Å². The Bertz CT molecular complexity index is 1200. The van der Waals surface area contributed by atoms with Crippen molar-refractivity contribution in [3.05, 3.63) is 94.5 Å². The summed E-state index contributed by atoms with van der Waals surface area (Å²) in [5, 5.41) is 2.88. The topological polar surface area (TPSA) is 66.5 Å². The largest absolute Gasteiger partial charge is 0.355 e. The van der Waals surface area contributed by atoms with Gasteiger partial charge in [0.15, 0.2) is 0 Å². The average molecular weight is 465 g/mol. The molecule has 0 atom stereocenters. The van der Waals surface area contributed by atoms with Gasteiger partial charge in [0.25, 0.3) is 10.0 Å². The van der Waals surface area contributed by atoms with Crippen LogP contribution in [0.3, 0.4) is 0 Å². The number of sulfonamides is 1. The smallest absolute Gasteiger partial charge is 0.264 e. The number of amides is 1. The van der Waals surface area contributed by atoms with E-state index in [1.54, 1.807) is 30.3 Å². The highest BCUT2D eigenvalue weighted by atomic mass is 32.2. The van der Waals surface area contributed by atoms with Crippen molar-refractivity contribution in [1.82, 2.24) is 5.32 Å². The van der Waals surface area contributed by atoms with Crippen LogP contribution in [0.1, 0.15) is 34.2 Å². The molecule has 0 saturated heterocycles. The molecule has 3 rings (SSSR count). The van der Waals surface area contributed by atoms with Gasteiger partial charge in [0.1, 0.15) is 6.54 Å². The molecule has 0 fully saturated rings. The number of hydrogen-bond donors (Lipinski definition) is 1. The summed E-state index contributed by atoms with van der Waals surface area (Å²) >= 11 is 0. The normalized spacial score (nSPS) is 11.3. The second-order valence-electron chi connectivity index (χ2n) is 8.55. The summed E-state index contributed by atoms with van der Waals surface area (Å²) in [4.78, 5) is 12.9. The lowest BCUT2D eigenvalue weighted by molar-refractivity contribution is -0.119. The fourth-order valence-corrected chi connectivity index (χ4v) is 5.17. The van der Waals surface area contributed by atoms with Gasteiger partial charge in [-0.05, 0) is 69.9 Å². The number of carbonyl (C=O) groups excluding carboxylic acids is 1. The van der Waals surface area contributed by atoms with Gasteiger partial charge >= 0.3 is 0 Å². The summed E-state index contributed by atoms with van der Waals surface area (Å²) in [6.45, 7) is 7.98. The Labute approximate surface area is 197 Å². The number of nitrogens with one attached hydrogen (secondary N) is 1. The van der Waals surface area contributed by atoms with E-state index in [0.717, 1.165) is 29.5 Å². The zero-order chi connectivity index (χ0) is 24.0. The molecule has 33 heavy (non-hydrogen) atoms. The van der Waals surface area contributed by atoms with Gasteiger partial charge in [0.05, 0.1) is 10.6 Å². The van der Waals surface area contributed by atoms with E-state index in [9.17, 15) is 13.2 Å². The summed E-state index contributed by atoms with van der Waals surface area (Å²) < 4.78 is 28.2. The standard InChI is InChI=1S/C27H32N2O3S/c1-20-7-12-24(13-8-20)6-5-17-28-27(30)19-29(26-16-11-22(3)18-23(26)4)33(31,32)25-14-9-21(2)10-15-25/h7-16,18H,5-6,17,19H2,1-4H3,(H,28,30).